The standard InChI is InChI=1S/2C28H26ClN7O2/c2*1-17-15-35(16-31-17)23-9-8-22(32-28(23)38-3)26-33-27-20(5-4-12-36(27)34-26)18-6-10-24(37-2)21(13-18)19-7-11-25(29)30-14-19/h2*6-11,13-16,20H,4-5,12H2,1-3H3/t2*20-/m10/s1. The quantitative estimate of drug-likeness (QED) is 0.105. The fourth-order valence-corrected chi connectivity index (χ4v) is 10.1. The number of hydrogen-bond acceptors (Lipinski definition) is 14. The second kappa shape index (κ2) is 21.4. The van der Waals surface area contributed by atoms with Gasteiger partial charge >= 0.3 is 0 Å². The summed E-state index contributed by atoms with van der Waals surface area (Å²) in [5.74, 6) is 5.71. The van der Waals surface area contributed by atoms with Gasteiger partial charge in [0.1, 0.15) is 56.2 Å². The minimum Gasteiger partial charge on any atom is -0.496 e. The molecule has 2 aliphatic rings. The maximum absolute atomic E-state index is 6.02. The zero-order valence-corrected chi connectivity index (χ0v) is 44.1. The highest BCUT2D eigenvalue weighted by Crippen LogP contribution is 2.41. The van der Waals surface area contributed by atoms with Gasteiger partial charge in [0.15, 0.2) is 11.6 Å². The molecule has 12 rings (SSSR count). The van der Waals surface area contributed by atoms with Crippen molar-refractivity contribution < 1.29 is 18.9 Å². The van der Waals surface area contributed by atoms with Crippen molar-refractivity contribution in [3.8, 4) is 79.9 Å². The van der Waals surface area contributed by atoms with Gasteiger partial charge in [0, 0.05) is 72.0 Å². The van der Waals surface area contributed by atoms with Crippen LogP contribution >= 0.6 is 23.2 Å². The number of fused-ring (bicyclic) bond motifs is 2. The van der Waals surface area contributed by atoms with E-state index in [1.54, 1.807) is 65.6 Å². The molecule has 2 aliphatic heterocycles. The summed E-state index contributed by atoms with van der Waals surface area (Å²) in [6, 6.07) is 27.7. The van der Waals surface area contributed by atoms with Crippen LogP contribution in [0, 0.1) is 13.8 Å². The lowest BCUT2D eigenvalue weighted by molar-refractivity contribution is 0.396. The number of halogens is 2. The minimum atomic E-state index is 0.0880. The number of methoxy groups -OCH3 is 4. The van der Waals surface area contributed by atoms with E-state index in [2.05, 4.69) is 44.2 Å². The first-order chi connectivity index (χ1) is 37.1. The molecule has 2 aromatic carbocycles. The number of imidazole rings is 2. The average molecular weight is 1060 g/mol. The normalized spacial score (nSPS) is 14.8. The van der Waals surface area contributed by atoms with Gasteiger partial charge in [-0.3, -0.25) is 0 Å². The van der Waals surface area contributed by atoms with Crippen molar-refractivity contribution in [1.82, 2.24) is 68.6 Å². The number of aromatic nitrogens is 14. The van der Waals surface area contributed by atoms with Gasteiger partial charge in [0.25, 0.3) is 0 Å². The van der Waals surface area contributed by atoms with Crippen LogP contribution in [0.4, 0.5) is 0 Å². The van der Waals surface area contributed by atoms with E-state index in [4.69, 9.17) is 72.3 Å². The van der Waals surface area contributed by atoms with Gasteiger partial charge in [0.2, 0.25) is 11.8 Å². The van der Waals surface area contributed by atoms with Crippen molar-refractivity contribution in [2.24, 2.45) is 0 Å². The van der Waals surface area contributed by atoms with Gasteiger partial charge in [-0.2, -0.15) is 0 Å². The Bertz CT molecular complexity index is 3460. The maximum Gasteiger partial charge on any atom is 0.238 e. The Hall–Kier alpha value is -8.48. The lowest BCUT2D eigenvalue weighted by Crippen LogP contribution is -2.18. The molecule has 2 atom stereocenters. The van der Waals surface area contributed by atoms with E-state index in [0.717, 1.165) is 118 Å². The van der Waals surface area contributed by atoms with E-state index in [0.29, 0.717) is 45.1 Å². The fraction of sp³-hybridized carbons (Fsp3) is 0.250. The van der Waals surface area contributed by atoms with Crippen molar-refractivity contribution in [2.45, 2.75) is 64.5 Å². The molecule has 0 fully saturated rings. The third-order valence-electron chi connectivity index (χ3n) is 13.6. The fourth-order valence-electron chi connectivity index (χ4n) is 9.87. The van der Waals surface area contributed by atoms with Crippen LogP contribution in [-0.2, 0) is 13.1 Å². The molecule has 0 saturated heterocycles. The largest absolute Gasteiger partial charge is 0.496 e. The zero-order chi connectivity index (χ0) is 52.5. The third kappa shape index (κ3) is 9.96. The lowest BCUT2D eigenvalue weighted by Gasteiger charge is -2.23. The van der Waals surface area contributed by atoms with Crippen LogP contribution in [0.2, 0.25) is 10.3 Å². The Labute approximate surface area is 448 Å². The summed E-state index contributed by atoms with van der Waals surface area (Å²) >= 11 is 12.0. The summed E-state index contributed by atoms with van der Waals surface area (Å²) in [5.41, 5.74) is 10.9. The van der Waals surface area contributed by atoms with Gasteiger partial charge in [-0.1, -0.05) is 35.3 Å². The average Bonchev–Trinajstić information content (AvgIpc) is 4.30. The number of nitrogens with zero attached hydrogens (tertiary/aromatic N) is 14. The zero-order valence-electron chi connectivity index (χ0n) is 42.6. The number of hydrogen-bond donors (Lipinski definition) is 0. The summed E-state index contributed by atoms with van der Waals surface area (Å²) in [4.78, 5) is 36.5. The first-order valence-corrected chi connectivity index (χ1v) is 25.5. The van der Waals surface area contributed by atoms with Gasteiger partial charge in [-0.25, -0.2) is 49.2 Å². The Balaban J connectivity index is 0.000000162. The lowest BCUT2D eigenvalue weighted by atomic mass is 9.89. The molecule has 76 heavy (non-hydrogen) atoms. The molecule has 10 heterocycles. The SMILES string of the molecule is COc1ccc([C@@H]2CCCn3nc(-c4ccc(-n5cnc(C)c5)c(OC)n4)nc32)cc1-c1ccc(Cl)nc1.COc1ccc([C@H]2CCCn3nc(-c4ccc(-n5cnc(C)c5)c(OC)n4)nc32)cc1-c1ccc(Cl)nc1. The molecule has 0 radical (unpaired) electrons. The molecule has 384 valence electrons. The molecule has 8 aromatic heterocycles. The van der Waals surface area contributed by atoms with E-state index in [1.165, 1.54) is 0 Å². The third-order valence-corrected chi connectivity index (χ3v) is 14.0. The Morgan fingerprint density at radius 2 is 0.947 bits per heavy atom. The van der Waals surface area contributed by atoms with Crippen LogP contribution in [-0.4, -0.2) is 97.0 Å². The molecule has 0 unspecified atom stereocenters. The monoisotopic (exact) mass is 1050 g/mol. The van der Waals surface area contributed by atoms with Gasteiger partial charge in [-0.05, 0) is 123 Å². The smallest absolute Gasteiger partial charge is 0.238 e. The number of benzene rings is 2. The van der Waals surface area contributed by atoms with Crippen molar-refractivity contribution in [2.75, 3.05) is 28.4 Å². The highest BCUT2D eigenvalue weighted by molar-refractivity contribution is 6.29. The Morgan fingerprint density at radius 3 is 1.32 bits per heavy atom. The predicted molar refractivity (Wildman–Crippen MR) is 288 cm³/mol. The van der Waals surface area contributed by atoms with Crippen molar-refractivity contribution in [3.05, 3.63) is 167 Å². The minimum absolute atomic E-state index is 0.0880. The summed E-state index contributed by atoms with van der Waals surface area (Å²) < 4.78 is 30.3. The number of pyridine rings is 4. The summed E-state index contributed by atoms with van der Waals surface area (Å²) in [6.07, 6.45) is 14.8. The van der Waals surface area contributed by atoms with Crippen LogP contribution in [0.5, 0.6) is 23.3 Å². The van der Waals surface area contributed by atoms with Gasteiger partial charge < -0.3 is 28.1 Å². The highest BCUT2D eigenvalue weighted by Gasteiger charge is 2.30. The van der Waals surface area contributed by atoms with E-state index >= 15 is 0 Å². The molecule has 0 N–H and O–H groups in total. The first-order valence-electron chi connectivity index (χ1n) is 24.7. The summed E-state index contributed by atoms with van der Waals surface area (Å²) in [7, 11) is 6.56. The predicted octanol–water partition coefficient (Wildman–Crippen LogP) is 11.0. The molecule has 0 amide bonds. The summed E-state index contributed by atoms with van der Waals surface area (Å²) in [5, 5.41) is 10.6. The number of rotatable bonds is 12. The molecule has 0 saturated carbocycles. The molecule has 10 aromatic rings. The van der Waals surface area contributed by atoms with Gasteiger partial charge in [-0.15, -0.1) is 10.2 Å². The number of ether oxygens (including phenoxy) is 4. The molecule has 0 bridgehead atoms. The number of aryl methyl sites for hydroxylation is 4. The molecule has 0 spiro atoms. The highest BCUT2D eigenvalue weighted by atomic mass is 35.5. The van der Waals surface area contributed by atoms with Crippen molar-refractivity contribution in [1.29, 1.82) is 0 Å². The second-order valence-electron chi connectivity index (χ2n) is 18.4. The van der Waals surface area contributed by atoms with E-state index in [-0.39, 0.29) is 11.8 Å². The molecule has 0 aliphatic carbocycles. The van der Waals surface area contributed by atoms with Crippen molar-refractivity contribution >= 4 is 23.2 Å². The first kappa shape index (κ1) is 49.7. The molecule has 18 nitrogen and oxygen atoms in total. The van der Waals surface area contributed by atoms with Crippen LogP contribution < -0.4 is 18.9 Å². The van der Waals surface area contributed by atoms with E-state index < -0.39 is 0 Å². The maximum atomic E-state index is 6.02. The molecule has 20 heteroatoms. The topological polar surface area (TPSA) is 186 Å². The Kier molecular flexibility index (Phi) is 14.0. The molecular formula is C56H52Cl2N14O4. The molecular weight excluding hydrogens is 1000 g/mol. The Morgan fingerprint density at radius 1 is 0.500 bits per heavy atom. The van der Waals surface area contributed by atoms with Crippen LogP contribution in [0.25, 0.3) is 56.7 Å². The van der Waals surface area contributed by atoms with Crippen molar-refractivity contribution in [3.63, 3.8) is 0 Å². The van der Waals surface area contributed by atoms with Crippen LogP contribution in [0.3, 0.4) is 0 Å². The van der Waals surface area contributed by atoms with Crippen LogP contribution in [0.1, 0.15) is 71.7 Å². The van der Waals surface area contributed by atoms with E-state index in [1.807, 2.05) is 93.3 Å². The van der Waals surface area contributed by atoms with Gasteiger partial charge in [0.05, 0.1) is 52.5 Å². The van der Waals surface area contributed by atoms with E-state index in [9.17, 15) is 0 Å². The van der Waals surface area contributed by atoms with Crippen LogP contribution in [0.15, 0.2) is 122 Å². The second-order valence-corrected chi connectivity index (χ2v) is 19.2. The summed E-state index contributed by atoms with van der Waals surface area (Å²) in [6.45, 7) is 5.51.